The van der Waals surface area contributed by atoms with Crippen molar-refractivity contribution in [1.29, 1.82) is 0 Å². The number of amides is 2. The Morgan fingerprint density at radius 3 is 2.22 bits per heavy atom. The van der Waals surface area contributed by atoms with Gasteiger partial charge in [0.15, 0.2) is 5.75 Å². The van der Waals surface area contributed by atoms with Crippen LogP contribution in [0.5, 0.6) is 11.5 Å². The predicted molar refractivity (Wildman–Crippen MR) is 138 cm³/mol. The number of aromatic hydroxyl groups is 1. The Balaban J connectivity index is 1.78. The molecule has 0 aromatic heterocycles. The molecular weight excluding hydrogens is 464 g/mol. The number of hydrogen-bond acceptors (Lipinski definition) is 8. The minimum Gasteiger partial charge on any atom is -0.505 e. The Hall–Kier alpha value is -4.34. The molecule has 0 spiro atoms. The molecule has 190 valence electrons. The fraction of sp³-hybridized carbons (Fsp3) is 0.308. The Bertz CT molecular complexity index is 1320. The molecule has 0 bridgehead atoms. The first-order valence-corrected chi connectivity index (χ1v) is 11.4. The maximum Gasteiger partial charge on any atom is 0.257 e. The van der Waals surface area contributed by atoms with E-state index in [9.17, 15) is 24.3 Å². The van der Waals surface area contributed by atoms with Gasteiger partial charge >= 0.3 is 0 Å². The first-order valence-electron chi connectivity index (χ1n) is 11.4. The van der Waals surface area contributed by atoms with Crippen molar-refractivity contribution in [2.75, 3.05) is 31.8 Å². The van der Waals surface area contributed by atoms with Crippen LogP contribution in [-0.4, -0.2) is 49.1 Å². The molecule has 0 heterocycles. The molecule has 10 nitrogen and oxygen atoms in total. The highest BCUT2D eigenvalue weighted by atomic mass is 16.5. The first kappa shape index (κ1) is 26.3. The fourth-order valence-corrected chi connectivity index (χ4v) is 3.57. The third kappa shape index (κ3) is 5.48. The van der Waals surface area contributed by atoms with Crippen molar-refractivity contribution in [3.05, 3.63) is 74.0 Å². The number of anilines is 3. The number of carbonyl (C=O) groups excluding carboxylic acids is 2. The molecule has 0 fully saturated rings. The predicted octanol–water partition coefficient (Wildman–Crippen LogP) is 2.20. The van der Waals surface area contributed by atoms with Gasteiger partial charge < -0.3 is 30.7 Å². The molecular formula is C26H30N4O6. The normalized spacial score (nSPS) is 11.7. The lowest BCUT2D eigenvalue weighted by molar-refractivity contribution is -0.122. The third-order valence-electron chi connectivity index (χ3n) is 5.72. The van der Waals surface area contributed by atoms with E-state index >= 15 is 0 Å². The van der Waals surface area contributed by atoms with Crippen molar-refractivity contribution < 1.29 is 19.4 Å². The van der Waals surface area contributed by atoms with Crippen LogP contribution < -0.4 is 31.5 Å². The highest BCUT2D eigenvalue weighted by Crippen LogP contribution is 2.32. The number of rotatable bonds is 10. The van der Waals surface area contributed by atoms with Crippen LogP contribution in [0.25, 0.3) is 0 Å². The zero-order valence-electron chi connectivity index (χ0n) is 20.8. The van der Waals surface area contributed by atoms with E-state index in [4.69, 9.17) is 4.74 Å². The highest BCUT2D eigenvalue weighted by Gasteiger charge is 2.29. The van der Waals surface area contributed by atoms with Crippen LogP contribution in [0.1, 0.15) is 29.8 Å². The molecule has 36 heavy (non-hydrogen) atoms. The summed E-state index contributed by atoms with van der Waals surface area (Å²) >= 11 is 0. The van der Waals surface area contributed by atoms with Crippen molar-refractivity contribution in [2.45, 2.75) is 26.4 Å². The molecule has 0 aliphatic carbocycles. The van der Waals surface area contributed by atoms with Gasteiger partial charge in [0.05, 0.1) is 18.4 Å². The minimum atomic E-state index is -0.803. The summed E-state index contributed by atoms with van der Waals surface area (Å²) in [5.41, 5.74) is -0.710. The van der Waals surface area contributed by atoms with Gasteiger partial charge in [-0.3, -0.25) is 19.2 Å². The summed E-state index contributed by atoms with van der Waals surface area (Å²) in [6.07, 6.45) is 0. The molecule has 0 saturated carbocycles. The summed E-state index contributed by atoms with van der Waals surface area (Å²) < 4.78 is 5.13. The Morgan fingerprint density at radius 1 is 1.00 bits per heavy atom. The molecule has 2 amide bonds. The molecule has 0 radical (unpaired) electrons. The van der Waals surface area contributed by atoms with E-state index in [1.165, 1.54) is 17.0 Å². The maximum absolute atomic E-state index is 12.9. The number of ether oxygens (including phenoxy) is 1. The van der Waals surface area contributed by atoms with Crippen molar-refractivity contribution in [3.8, 4) is 11.5 Å². The van der Waals surface area contributed by atoms with E-state index in [0.717, 1.165) is 5.56 Å². The Morgan fingerprint density at radius 2 is 1.64 bits per heavy atom. The molecule has 1 atom stereocenters. The summed E-state index contributed by atoms with van der Waals surface area (Å²) in [5.74, 6) is -0.635. The van der Waals surface area contributed by atoms with Crippen LogP contribution in [-0.2, 0) is 11.3 Å². The number of benzene rings is 2. The highest BCUT2D eigenvalue weighted by molar-refractivity contribution is 5.99. The topological polar surface area (TPSA) is 137 Å². The monoisotopic (exact) mass is 494 g/mol. The van der Waals surface area contributed by atoms with Crippen LogP contribution in [0, 0.1) is 5.92 Å². The third-order valence-corrected chi connectivity index (χ3v) is 5.72. The zero-order valence-corrected chi connectivity index (χ0v) is 20.8. The molecule has 3 rings (SSSR count). The van der Waals surface area contributed by atoms with Crippen molar-refractivity contribution in [1.82, 2.24) is 10.2 Å². The molecule has 3 aromatic rings. The van der Waals surface area contributed by atoms with Gasteiger partial charge in [-0.25, -0.2) is 0 Å². The molecule has 4 N–H and O–H groups in total. The summed E-state index contributed by atoms with van der Waals surface area (Å²) in [5, 5.41) is 19.0. The van der Waals surface area contributed by atoms with Gasteiger partial charge in [0.1, 0.15) is 23.2 Å². The Kier molecular flexibility index (Phi) is 7.98. The van der Waals surface area contributed by atoms with Gasteiger partial charge in [0.2, 0.25) is 5.91 Å². The standard InChI is InChI=1S/C26H30N4O6/c1-14(2)19(25(34)27-13-15-9-11-16(36-5)12-10-15)29-21-20(23(32)24(21)33)28-18-8-6-7-17(22(18)31)26(35)30(3)4/h6-12,14,19,28-29,31H,13H2,1-5H3,(H,27,34)/t19-/m1/s1. The average Bonchev–Trinajstić information content (AvgIpc) is 2.86. The number of phenolic OH excluding ortho intramolecular Hbond substituents is 1. The van der Waals surface area contributed by atoms with Gasteiger partial charge in [-0.2, -0.15) is 0 Å². The van der Waals surface area contributed by atoms with Gasteiger partial charge in [0, 0.05) is 20.6 Å². The van der Waals surface area contributed by atoms with Crippen LogP contribution >= 0.6 is 0 Å². The Labute approximate surface area is 208 Å². The second-order valence-corrected chi connectivity index (χ2v) is 8.87. The molecule has 0 aliphatic heterocycles. The van der Waals surface area contributed by atoms with Gasteiger partial charge in [-0.15, -0.1) is 0 Å². The van der Waals surface area contributed by atoms with Gasteiger partial charge in [-0.05, 0) is 35.7 Å². The smallest absolute Gasteiger partial charge is 0.257 e. The lowest BCUT2D eigenvalue weighted by Gasteiger charge is -2.25. The van der Waals surface area contributed by atoms with Crippen LogP contribution in [0.2, 0.25) is 0 Å². The van der Waals surface area contributed by atoms with E-state index in [2.05, 4.69) is 16.0 Å². The maximum atomic E-state index is 12.9. The number of nitrogens with zero attached hydrogens (tertiary/aromatic N) is 1. The minimum absolute atomic E-state index is 0.0381. The lowest BCUT2D eigenvalue weighted by atomic mass is 10.0. The lowest BCUT2D eigenvalue weighted by Crippen LogP contribution is -2.47. The number of para-hydroxylation sites is 1. The summed E-state index contributed by atoms with van der Waals surface area (Å²) in [6.45, 7) is 3.89. The van der Waals surface area contributed by atoms with E-state index < -0.39 is 22.8 Å². The number of nitrogens with one attached hydrogen (secondary N) is 3. The van der Waals surface area contributed by atoms with Crippen LogP contribution in [0.4, 0.5) is 17.1 Å². The van der Waals surface area contributed by atoms with E-state index in [1.54, 1.807) is 39.4 Å². The molecule has 3 aromatic carbocycles. The molecule has 0 saturated heterocycles. The van der Waals surface area contributed by atoms with E-state index in [0.29, 0.717) is 5.75 Å². The fourth-order valence-electron chi connectivity index (χ4n) is 3.57. The summed E-state index contributed by atoms with van der Waals surface area (Å²) in [4.78, 5) is 51.2. The number of methoxy groups -OCH3 is 1. The summed E-state index contributed by atoms with van der Waals surface area (Å²) in [7, 11) is 4.67. The number of hydrogen-bond donors (Lipinski definition) is 4. The van der Waals surface area contributed by atoms with Gasteiger partial charge in [0.25, 0.3) is 16.8 Å². The molecule has 0 aliphatic rings. The summed E-state index contributed by atoms with van der Waals surface area (Å²) in [6, 6.07) is 10.9. The van der Waals surface area contributed by atoms with Gasteiger partial charge in [-0.1, -0.05) is 32.0 Å². The van der Waals surface area contributed by atoms with Crippen molar-refractivity contribution >= 4 is 28.9 Å². The largest absolute Gasteiger partial charge is 0.505 e. The second-order valence-electron chi connectivity index (χ2n) is 8.87. The molecule has 10 heteroatoms. The number of phenols is 1. The van der Waals surface area contributed by atoms with E-state index in [-0.39, 0.29) is 46.7 Å². The van der Waals surface area contributed by atoms with Crippen LogP contribution in [0.3, 0.4) is 0 Å². The zero-order chi connectivity index (χ0) is 26.6. The average molecular weight is 495 g/mol. The van der Waals surface area contributed by atoms with Crippen molar-refractivity contribution in [3.63, 3.8) is 0 Å². The second kappa shape index (κ2) is 10.9. The number of carbonyl (C=O) groups is 2. The van der Waals surface area contributed by atoms with E-state index in [1.807, 2.05) is 26.0 Å². The quantitative estimate of drug-likeness (QED) is 0.249. The van der Waals surface area contributed by atoms with Crippen LogP contribution in [0.15, 0.2) is 52.1 Å². The van der Waals surface area contributed by atoms with Crippen molar-refractivity contribution in [2.24, 2.45) is 5.92 Å². The SMILES string of the molecule is COc1ccc(CNC(=O)[C@H](Nc2c(Nc3cccc(C(=O)N(C)C)c3O)c(=O)c2=O)C(C)C)cc1. The molecule has 0 unspecified atom stereocenters. The first-order chi connectivity index (χ1) is 17.0.